The molecule has 2 heterocycles. The van der Waals surface area contributed by atoms with Gasteiger partial charge in [0.2, 0.25) is 11.8 Å². The van der Waals surface area contributed by atoms with Crippen LogP contribution in [0.5, 0.6) is 0 Å². The molecule has 0 aromatic heterocycles. The molecule has 0 spiro atoms. The molecule has 7 heteroatoms. The summed E-state index contributed by atoms with van der Waals surface area (Å²) in [6, 6.07) is 12.1. The lowest BCUT2D eigenvalue weighted by Crippen LogP contribution is -2.46. The number of carbonyl (C=O) groups is 2. The summed E-state index contributed by atoms with van der Waals surface area (Å²) in [7, 11) is 0. The van der Waals surface area contributed by atoms with Crippen LogP contribution in [0.3, 0.4) is 0 Å². The zero-order chi connectivity index (χ0) is 22.0. The molecule has 0 aliphatic carbocycles. The summed E-state index contributed by atoms with van der Waals surface area (Å²) in [5, 5.41) is 2.94. The van der Waals surface area contributed by atoms with E-state index in [-0.39, 0.29) is 30.5 Å². The zero-order valence-electron chi connectivity index (χ0n) is 18.1. The maximum atomic E-state index is 14.1. The minimum absolute atomic E-state index is 0.0823. The first kappa shape index (κ1) is 21.3. The molecule has 6 nitrogen and oxygen atoms in total. The number of aryl methyl sites for hydroxylation is 1. The van der Waals surface area contributed by atoms with E-state index in [1.54, 1.807) is 18.2 Å². The van der Waals surface area contributed by atoms with Gasteiger partial charge in [0.05, 0.1) is 11.6 Å². The van der Waals surface area contributed by atoms with Crippen LogP contribution in [-0.2, 0) is 9.59 Å². The molecule has 1 unspecified atom stereocenters. The van der Waals surface area contributed by atoms with Gasteiger partial charge in [0.15, 0.2) is 0 Å². The van der Waals surface area contributed by atoms with Crippen LogP contribution in [0.2, 0.25) is 0 Å². The normalized spacial score (nSPS) is 19.7. The topological polar surface area (TPSA) is 55.9 Å². The van der Waals surface area contributed by atoms with Gasteiger partial charge in [0.25, 0.3) is 0 Å². The van der Waals surface area contributed by atoms with Gasteiger partial charge in [-0.25, -0.2) is 4.39 Å². The van der Waals surface area contributed by atoms with Crippen LogP contribution >= 0.6 is 0 Å². The van der Waals surface area contributed by atoms with Crippen molar-refractivity contribution < 1.29 is 14.0 Å². The van der Waals surface area contributed by atoms with Gasteiger partial charge in [0.1, 0.15) is 5.82 Å². The van der Waals surface area contributed by atoms with Crippen LogP contribution in [0.25, 0.3) is 0 Å². The monoisotopic (exact) mass is 424 g/mol. The predicted octanol–water partition coefficient (Wildman–Crippen LogP) is 3.27. The lowest BCUT2D eigenvalue weighted by Gasteiger charge is -2.36. The lowest BCUT2D eigenvalue weighted by molar-refractivity contribution is -0.122. The van der Waals surface area contributed by atoms with Gasteiger partial charge in [0, 0.05) is 50.5 Å². The van der Waals surface area contributed by atoms with E-state index in [0.29, 0.717) is 0 Å². The van der Waals surface area contributed by atoms with Crippen molar-refractivity contribution in [2.75, 3.05) is 54.4 Å². The number of nitrogens with one attached hydrogen (secondary N) is 1. The number of likely N-dealkylation sites (N-methyl/N-ethyl adjacent to an activating group) is 1. The molecule has 1 atom stereocenters. The van der Waals surface area contributed by atoms with Gasteiger partial charge in [-0.2, -0.15) is 0 Å². The number of hydrogen-bond donors (Lipinski definition) is 1. The summed E-state index contributed by atoms with van der Waals surface area (Å²) < 4.78 is 14.1. The summed E-state index contributed by atoms with van der Waals surface area (Å²) in [4.78, 5) is 31.4. The first-order chi connectivity index (χ1) is 15.0. The number of carbonyl (C=O) groups excluding carboxylic acids is 2. The maximum absolute atomic E-state index is 14.1. The summed E-state index contributed by atoms with van der Waals surface area (Å²) in [5.74, 6) is -1.41. The van der Waals surface area contributed by atoms with Crippen molar-refractivity contribution in [2.24, 2.45) is 5.92 Å². The highest BCUT2D eigenvalue weighted by molar-refractivity contribution is 6.03. The van der Waals surface area contributed by atoms with E-state index in [4.69, 9.17) is 0 Å². The molecule has 164 valence electrons. The summed E-state index contributed by atoms with van der Waals surface area (Å²) in [6.45, 7) is 9.61. The molecule has 2 aliphatic heterocycles. The highest BCUT2D eigenvalue weighted by atomic mass is 19.1. The number of rotatable bonds is 5. The summed E-state index contributed by atoms with van der Waals surface area (Å²) in [5.41, 5.74) is 3.25. The zero-order valence-corrected chi connectivity index (χ0v) is 18.1. The molecule has 2 aromatic carbocycles. The van der Waals surface area contributed by atoms with E-state index in [9.17, 15) is 14.0 Å². The van der Waals surface area contributed by atoms with Crippen LogP contribution < -0.4 is 15.1 Å². The molecule has 4 rings (SSSR count). The van der Waals surface area contributed by atoms with Crippen molar-refractivity contribution in [3.63, 3.8) is 0 Å². The number of nitrogens with zero attached hydrogens (tertiary/aromatic N) is 3. The Labute approximate surface area is 182 Å². The number of halogens is 1. The Morgan fingerprint density at radius 1 is 1.10 bits per heavy atom. The number of anilines is 3. The number of amides is 2. The minimum atomic E-state index is -0.505. The number of piperazine rings is 1. The first-order valence-electron chi connectivity index (χ1n) is 10.9. The lowest BCUT2D eigenvalue weighted by atomic mass is 10.1. The van der Waals surface area contributed by atoms with Crippen molar-refractivity contribution >= 4 is 28.9 Å². The van der Waals surface area contributed by atoms with Crippen molar-refractivity contribution in [1.29, 1.82) is 0 Å². The van der Waals surface area contributed by atoms with E-state index >= 15 is 0 Å². The van der Waals surface area contributed by atoms with E-state index < -0.39 is 11.7 Å². The van der Waals surface area contributed by atoms with Crippen LogP contribution in [0.4, 0.5) is 21.5 Å². The molecule has 2 fully saturated rings. The molecule has 2 saturated heterocycles. The third-order valence-corrected chi connectivity index (χ3v) is 6.26. The van der Waals surface area contributed by atoms with E-state index in [1.807, 2.05) is 12.1 Å². The van der Waals surface area contributed by atoms with Crippen molar-refractivity contribution in [3.05, 3.63) is 53.8 Å². The Morgan fingerprint density at radius 3 is 2.52 bits per heavy atom. The van der Waals surface area contributed by atoms with Gasteiger partial charge in [-0.05, 0) is 49.4 Å². The van der Waals surface area contributed by atoms with Crippen molar-refractivity contribution in [3.8, 4) is 0 Å². The fourth-order valence-electron chi connectivity index (χ4n) is 4.42. The summed E-state index contributed by atoms with van der Waals surface area (Å²) in [6.07, 6.45) is 0.0823. The third-order valence-electron chi connectivity index (χ3n) is 6.26. The molecule has 2 aliphatic rings. The molecule has 1 N–H and O–H groups in total. The highest BCUT2D eigenvalue weighted by Gasteiger charge is 2.36. The number of hydrogen-bond acceptors (Lipinski definition) is 4. The average Bonchev–Trinajstić information content (AvgIpc) is 3.16. The second-order valence-electron chi connectivity index (χ2n) is 8.27. The second-order valence-corrected chi connectivity index (χ2v) is 8.27. The first-order valence-corrected chi connectivity index (χ1v) is 10.9. The van der Waals surface area contributed by atoms with Gasteiger partial charge in [-0.1, -0.05) is 19.1 Å². The van der Waals surface area contributed by atoms with Gasteiger partial charge in [-0.15, -0.1) is 0 Å². The third kappa shape index (κ3) is 4.56. The predicted molar refractivity (Wildman–Crippen MR) is 121 cm³/mol. The Hall–Kier alpha value is -2.93. The molecule has 2 amide bonds. The van der Waals surface area contributed by atoms with Crippen LogP contribution in [0.15, 0.2) is 42.5 Å². The maximum Gasteiger partial charge on any atom is 0.229 e. The Balaban J connectivity index is 1.39. The number of benzene rings is 2. The fraction of sp³-hybridized carbons (Fsp3) is 0.417. The molecular weight excluding hydrogens is 395 g/mol. The SMILES string of the molecule is CCN1CCN(c2ccc(NC(=O)C3CC(=O)N(c4ccccc4F)C3)cc2C)CC1. The van der Waals surface area contributed by atoms with E-state index in [0.717, 1.165) is 44.0 Å². The standard InChI is InChI=1S/C24H29FN4O2/c1-3-27-10-12-28(13-11-27)21-9-8-19(14-17(21)2)26-24(31)18-15-23(30)29(16-18)22-7-5-4-6-20(22)25/h4-9,14,18H,3,10-13,15-16H2,1-2H3,(H,26,31). The van der Waals surface area contributed by atoms with Crippen molar-refractivity contribution in [2.45, 2.75) is 20.3 Å². The molecule has 31 heavy (non-hydrogen) atoms. The van der Waals surface area contributed by atoms with Crippen molar-refractivity contribution in [1.82, 2.24) is 4.90 Å². The summed E-state index contributed by atoms with van der Waals surface area (Å²) >= 11 is 0. The minimum Gasteiger partial charge on any atom is -0.369 e. The van der Waals surface area contributed by atoms with Gasteiger partial charge < -0.3 is 20.0 Å². The largest absolute Gasteiger partial charge is 0.369 e. The average molecular weight is 425 g/mol. The quantitative estimate of drug-likeness (QED) is 0.801. The Kier molecular flexibility index (Phi) is 6.23. The molecular formula is C24H29FN4O2. The molecule has 2 aromatic rings. The van der Waals surface area contributed by atoms with Crippen LogP contribution in [-0.4, -0.2) is 56.0 Å². The fourth-order valence-corrected chi connectivity index (χ4v) is 4.42. The Morgan fingerprint density at radius 2 is 1.84 bits per heavy atom. The van der Waals surface area contributed by atoms with Crippen LogP contribution in [0, 0.1) is 18.7 Å². The van der Waals surface area contributed by atoms with Gasteiger partial charge >= 0.3 is 0 Å². The smallest absolute Gasteiger partial charge is 0.229 e. The van der Waals surface area contributed by atoms with E-state index in [1.165, 1.54) is 16.7 Å². The van der Waals surface area contributed by atoms with Gasteiger partial charge in [-0.3, -0.25) is 9.59 Å². The second kappa shape index (κ2) is 9.06. The molecule has 0 radical (unpaired) electrons. The Bertz CT molecular complexity index is 972. The van der Waals surface area contributed by atoms with Crippen LogP contribution in [0.1, 0.15) is 18.9 Å². The highest BCUT2D eigenvalue weighted by Crippen LogP contribution is 2.29. The number of para-hydroxylation sites is 1. The molecule has 0 bridgehead atoms. The van der Waals surface area contributed by atoms with E-state index in [2.05, 4.69) is 35.0 Å². The molecule has 0 saturated carbocycles.